The van der Waals surface area contributed by atoms with Crippen LogP contribution in [0.15, 0.2) is 36.4 Å². The Morgan fingerprint density at radius 3 is 2.36 bits per heavy atom. The molecule has 0 aliphatic heterocycles. The molecule has 0 fully saturated rings. The zero-order valence-corrected chi connectivity index (χ0v) is 13.4. The van der Waals surface area contributed by atoms with Crippen LogP contribution >= 0.6 is 0 Å². The van der Waals surface area contributed by atoms with Crippen molar-refractivity contribution >= 4 is 11.6 Å². The Morgan fingerprint density at radius 2 is 1.73 bits per heavy atom. The molecule has 1 amide bonds. The summed E-state index contributed by atoms with van der Waals surface area (Å²) < 4.78 is 10.7. The molecule has 0 aliphatic carbocycles. The van der Waals surface area contributed by atoms with Crippen molar-refractivity contribution in [3.8, 4) is 11.5 Å². The van der Waals surface area contributed by atoms with E-state index in [1.54, 1.807) is 7.11 Å². The number of amides is 1. The van der Waals surface area contributed by atoms with Crippen LogP contribution in [0.1, 0.15) is 16.7 Å². The molecule has 4 nitrogen and oxygen atoms in total. The van der Waals surface area contributed by atoms with Crippen LogP contribution in [0.5, 0.6) is 11.5 Å². The van der Waals surface area contributed by atoms with E-state index in [4.69, 9.17) is 9.47 Å². The highest BCUT2D eigenvalue weighted by Crippen LogP contribution is 2.25. The lowest BCUT2D eigenvalue weighted by Gasteiger charge is -2.13. The van der Waals surface area contributed by atoms with E-state index in [1.165, 1.54) is 0 Å². The second-order valence-corrected chi connectivity index (χ2v) is 5.29. The number of rotatable bonds is 5. The highest BCUT2D eigenvalue weighted by Gasteiger charge is 2.09. The lowest BCUT2D eigenvalue weighted by atomic mass is 10.1. The fourth-order valence-corrected chi connectivity index (χ4v) is 2.11. The van der Waals surface area contributed by atoms with E-state index in [0.717, 1.165) is 28.1 Å². The normalized spacial score (nSPS) is 10.2. The van der Waals surface area contributed by atoms with Crippen LogP contribution in [0.4, 0.5) is 5.69 Å². The Kier molecular flexibility index (Phi) is 5.04. The lowest BCUT2D eigenvalue weighted by molar-refractivity contribution is -0.118. The van der Waals surface area contributed by atoms with Gasteiger partial charge in [0.25, 0.3) is 5.91 Å². The maximum Gasteiger partial charge on any atom is 0.262 e. The third kappa shape index (κ3) is 4.01. The molecule has 0 radical (unpaired) electrons. The average Bonchev–Trinajstić information content (AvgIpc) is 2.50. The zero-order valence-electron chi connectivity index (χ0n) is 13.4. The van der Waals surface area contributed by atoms with E-state index < -0.39 is 0 Å². The van der Waals surface area contributed by atoms with Gasteiger partial charge in [-0.2, -0.15) is 0 Å². The van der Waals surface area contributed by atoms with Crippen molar-refractivity contribution in [1.29, 1.82) is 0 Å². The highest BCUT2D eigenvalue weighted by molar-refractivity contribution is 5.92. The van der Waals surface area contributed by atoms with Gasteiger partial charge < -0.3 is 14.8 Å². The average molecular weight is 299 g/mol. The molecule has 116 valence electrons. The molecule has 0 unspecified atom stereocenters. The molecule has 1 N–H and O–H groups in total. The first-order chi connectivity index (χ1) is 10.5. The van der Waals surface area contributed by atoms with E-state index >= 15 is 0 Å². The molecular formula is C18H21NO3. The number of anilines is 1. The second kappa shape index (κ2) is 6.98. The third-order valence-electron chi connectivity index (χ3n) is 3.41. The Bertz CT molecular complexity index is 663. The van der Waals surface area contributed by atoms with Crippen molar-refractivity contribution in [2.45, 2.75) is 20.8 Å². The fraction of sp³-hybridized carbons (Fsp3) is 0.278. The summed E-state index contributed by atoms with van der Waals surface area (Å²) in [6.45, 7) is 5.86. The summed E-state index contributed by atoms with van der Waals surface area (Å²) in [5, 5.41) is 2.86. The molecule has 0 aliphatic rings. The minimum atomic E-state index is -0.187. The van der Waals surface area contributed by atoms with E-state index in [-0.39, 0.29) is 12.5 Å². The number of nitrogens with one attached hydrogen (secondary N) is 1. The molecule has 0 spiro atoms. The Balaban J connectivity index is 1.97. The molecule has 2 aromatic rings. The minimum Gasteiger partial charge on any atom is -0.496 e. The van der Waals surface area contributed by atoms with Crippen molar-refractivity contribution in [2.75, 3.05) is 19.0 Å². The number of methoxy groups -OCH3 is 1. The van der Waals surface area contributed by atoms with Crippen LogP contribution in [0.2, 0.25) is 0 Å². The molecular weight excluding hydrogens is 278 g/mol. The van der Waals surface area contributed by atoms with Gasteiger partial charge in [-0.15, -0.1) is 0 Å². The second-order valence-electron chi connectivity index (χ2n) is 5.29. The van der Waals surface area contributed by atoms with Gasteiger partial charge in [0.05, 0.1) is 7.11 Å². The molecule has 0 saturated heterocycles. The number of hydrogen-bond donors (Lipinski definition) is 1. The van der Waals surface area contributed by atoms with Crippen LogP contribution in [-0.2, 0) is 4.79 Å². The number of ether oxygens (including phenoxy) is 2. The van der Waals surface area contributed by atoms with Crippen LogP contribution in [-0.4, -0.2) is 19.6 Å². The smallest absolute Gasteiger partial charge is 0.262 e. The van der Waals surface area contributed by atoms with E-state index in [2.05, 4.69) is 5.32 Å². The summed E-state index contributed by atoms with van der Waals surface area (Å²) in [6, 6.07) is 11.4. The highest BCUT2D eigenvalue weighted by atomic mass is 16.5. The SMILES string of the molecule is COc1cc(C)c(NC(=O)COc2ccc(C)cc2)cc1C. The standard InChI is InChI=1S/C18H21NO3/c1-12-5-7-15(8-6-12)22-11-18(20)19-16-9-14(3)17(21-4)10-13(16)2/h5-10H,11H2,1-4H3,(H,19,20). The summed E-state index contributed by atoms with van der Waals surface area (Å²) in [4.78, 5) is 12.0. The molecule has 0 atom stereocenters. The first kappa shape index (κ1) is 15.9. The Morgan fingerprint density at radius 1 is 1.05 bits per heavy atom. The van der Waals surface area contributed by atoms with Crippen molar-refractivity contribution in [3.05, 3.63) is 53.1 Å². The largest absolute Gasteiger partial charge is 0.496 e. The Hall–Kier alpha value is -2.49. The van der Waals surface area contributed by atoms with Gasteiger partial charge >= 0.3 is 0 Å². The van der Waals surface area contributed by atoms with Gasteiger partial charge in [0.15, 0.2) is 6.61 Å². The first-order valence-corrected chi connectivity index (χ1v) is 7.14. The summed E-state index contributed by atoms with van der Waals surface area (Å²) in [6.07, 6.45) is 0. The number of carbonyl (C=O) groups is 1. The van der Waals surface area contributed by atoms with Gasteiger partial charge in [-0.1, -0.05) is 17.7 Å². The van der Waals surface area contributed by atoms with Gasteiger partial charge in [-0.25, -0.2) is 0 Å². The quantitative estimate of drug-likeness (QED) is 0.917. The maximum atomic E-state index is 12.0. The van der Waals surface area contributed by atoms with Crippen LogP contribution in [0.3, 0.4) is 0 Å². The zero-order chi connectivity index (χ0) is 16.1. The van der Waals surface area contributed by atoms with E-state index in [0.29, 0.717) is 5.75 Å². The van der Waals surface area contributed by atoms with Crippen LogP contribution in [0.25, 0.3) is 0 Å². The topological polar surface area (TPSA) is 47.6 Å². The fourth-order valence-electron chi connectivity index (χ4n) is 2.11. The van der Waals surface area contributed by atoms with Crippen LogP contribution < -0.4 is 14.8 Å². The van der Waals surface area contributed by atoms with Gasteiger partial charge in [0.2, 0.25) is 0 Å². The van der Waals surface area contributed by atoms with Gasteiger partial charge in [0, 0.05) is 5.69 Å². The number of carbonyl (C=O) groups excluding carboxylic acids is 1. The van der Waals surface area contributed by atoms with Gasteiger partial charge in [-0.3, -0.25) is 4.79 Å². The molecule has 4 heteroatoms. The van der Waals surface area contributed by atoms with Crippen molar-refractivity contribution in [1.82, 2.24) is 0 Å². The summed E-state index contributed by atoms with van der Waals surface area (Å²) in [5.41, 5.74) is 3.85. The molecule has 0 aromatic heterocycles. The molecule has 2 rings (SSSR count). The number of benzene rings is 2. The molecule has 22 heavy (non-hydrogen) atoms. The minimum absolute atomic E-state index is 0.0203. The van der Waals surface area contributed by atoms with Crippen molar-refractivity contribution < 1.29 is 14.3 Å². The predicted molar refractivity (Wildman–Crippen MR) is 87.8 cm³/mol. The number of aryl methyl sites for hydroxylation is 3. The van der Waals surface area contributed by atoms with Gasteiger partial charge in [0.1, 0.15) is 11.5 Å². The Labute approximate surface area is 131 Å². The summed E-state index contributed by atoms with van der Waals surface area (Å²) in [7, 11) is 1.63. The summed E-state index contributed by atoms with van der Waals surface area (Å²) in [5.74, 6) is 1.31. The number of hydrogen-bond acceptors (Lipinski definition) is 3. The summed E-state index contributed by atoms with van der Waals surface area (Å²) >= 11 is 0. The van der Waals surface area contributed by atoms with Gasteiger partial charge in [-0.05, 0) is 56.2 Å². The first-order valence-electron chi connectivity index (χ1n) is 7.14. The van der Waals surface area contributed by atoms with Crippen molar-refractivity contribution in [3.63, 3.8) is 0 Å². The molecule has 0 saturated carbocycles. The molecule has 0 heterocycles. The predicted octanol–water partition coefficient (Wildman–Crippen LogP) is 3.64. The molecule has 0 bridgehead atoms. The maximum absolute atomic E-state index is 12.0. The van der Waals surface area contributed by atoms with Crippen LogP contribution in [0, 0.1) is 20.8 Å². The monoisotopic (exact) mass is 299 g/mol. The van der Waals surface area contributed by atoms with E-state index in [1.807, 2.05) is 57.2 Å². The van der Waals surface area contributed by atoms with E-state index in [9.17, 15) is 4.79 Å². The molecule has 2 aromatic carbocycles. The lowest BCUT2D eigenvalue weighted by Crippen LogP contribution is -2.20. The third-order valence-corrected chi connectivity index (χ3v) is 3.41. The van der Waals surface area contributed by atoms with Crippen molar-refractivity contribution in [2.24, 2.45) is 0 Å².